The number of amides is 2. The minimum Gasteiger partial charge on any atom is -0.477 e. The van der Waals surface area contributed by atoms with E-state index in [0.29, 0.717) is 17.2 Å². The molecule has 0 atom stereocenters. The average Bonchev–Trinajstić information content (AvgIpc) is 3.00. The number of carbonyl (C=O) groups is 2. The molecule has 6 nitrogen and oxygen atoms in total. The monoisotopic (exact) mass is 325 g/mol. The number of thiazole rings is 1. The standard InChI is InChI=1S/C13H15N3O3S2/c1-7-3-4-20-9(7)5-14-13(19)15-6-10-16-8(2)11(21-10)12(17)18/h3-4H,5-6H2,1-2H3,(H,17,18)(H2,14,15,19). The van der Waals surface area contributed by atoms with Crippen LogP contribution in [0.1, 0.15) is 30.8 Å². The predicted octanol–water partition coefficient (Wildman–Crippen LogP) is 2.52. The van der Waals surface area contributed by atoms with Crippen molar-refractivity contribution in [3.63, 3.8) is 0 Å². The van der Waals surface area contributed by atoms with Crippen molar-refractivity contribution in [3.05, 3.63) is 37.5 Å². The molecule has 0 aliphatic rings. The van der Waals surface area contributed by atoms with Crippen LogP contribution in [0.2, 0.25) is 0 Å². The average molecular weight is 325 g/mol. The summed E-state index contributed by atoms with van der Waals surface area (Å²) in [5.41, 5.74) is 1.63. The molecule has 0 spiro atoms. The minimum atomic E-state index is -0.992. The Morgan fingerprint density at radius 2 is 2.00 bits per heavy atom. The van der Waals surface area contributed by atoms with E-state index in [2.05, 4.69) is 15.6 Å². The summed E-state index contributed by atoms with van der Waals surface area (Å²) in [6, 6.07) is 1.71. The molecule has 0 unspecified atom stereocenters. The molecular formula is C13H15N3O3S2. The van der Waals surface area contributed by atoms with Crippen molar-refractivity contribution in [2.75, 3.05) is 0 Å². The second kappa shape index (κ2) is 6.68. The number of nitrogens with zero attached hydrogens (tertiary/aromatic N) is 1. The minimum absolute atomic E-state index is 0.210. The number of aryl methyl sites for hydroxylation is 2. The Morgan fingerprint density at radius 1 is 1.29 bits per heavy atom. The first-order valence-electron chi connectivity index (χ1n) is 6.21. The Morgan fingerprint density at radius 3 is 2.57 bits per heavy atom. The number of hydrogen-bond donors (Lipinski definition) is 3. The zero-order valence-corrected chi connectivity index (χ0v) is 13.2. The van der Waals surface area contributed by atoms with Crippen LogP contribution in [-0.2, 0) is 13.1 Å². The smallest absolute Gasteiger partial charge is 0.347 e. The molecule has 8 heteroatoms. The first-order chi connectivity index (χ1) is 9.97. The second-order valence-electron chi connectivity index (χ2n) is 4.39. The largest absolute Gasteiger partial charge is 0.477 e. The Labute approximate surface area is 129 Å². The number of thiophene rings is 1. The topological polar surface area (TPSA) is 91.3 Å². The number of aromatic carboxylic acids is 1. The first-order valence-corrected chi connectivity index (χ1v) is 7.91. The number of carboxylic acids is 1. The van der Waals surface area contributed by atoms with Crippen LogP contribution in [0.4, 0.5) is 4.79 Å². The third-order valence-corrected chi connectivity index (χ3v) is 4.98. The van der Waals surface area contributed by atoms with Crippen LogP contribution in [0.15, 0.2) is 11.4 Å². The number of urea groups is 1. The molecule has 0 fully saturated rings. The van der Waals surface area contributed by atoms with Crippen molar-refractivity contribution in [3.8, 4) is 0 Å². The van der Waals surface area contributed by atoms with E-state index in [1.54, 1.807) is 18.3 Å². The number of aromatic nitrogens is 1. The third kappa shape index (κ3) is 4.02. The lowest BCUT2D eigenvalue weighted by Crippen LogP contribution is -2.34. The number of nitrogens with one attached hydrogen (secondary N) is 2. The van der Waals surface area contributed by atoms with Gasteiger partial charge >= 0.3 is 12.0 Å². The first kappa shape index (κ1) is 15.5. The molecule has 2 aromatic rings. The van der Waals surface area contributed by atoms with Crippen molar-refractivity contribution < 1.29 is 14.7 Å². The van der Waals surface area contributed by atoms with Crippen LogP contribution in [0.5, 0.6) is 0 Å². The van der Waals surface area contributed by atoms with Gasteiger partial charge in [-0.25, -0.2) is 14.6 Å². The zero-order chi connectivity index (χ0) is 15.4. The molecule has 2 rings (SSSR count). The van der Waals surface area contributed by atoms with Crippen LogP contribution in [-0.4, -0.2) is 22.1 Å². The SMILES string of the molecule is Cc1ccsc1CNC(=O)NCc1nc(C)c(C(=O)O)s1. The lowest BCUT2D eigenvalue weighted by molar-refractivity contribution is 0.0701. The van der Waals surface area contributed by atoms with Crippen molar-refractivity contribution in [2.45, 2.75) is 26.9 Å². The molecule has 0 aliphatic heterocycles. The number of carbonyl (C=O) groups excluding carboxylic acids is 1. The van der Waals surface area contributed by atoms with Gasteiger partial charge in [0.2, 0.25) is 0 Å². The van der Waals surface area contributed by atoms with Gasteiger partial charge < -0.3 is 15.7 Å². The van der Waals surface area contributed by atoms with E-state index in [4.69, 9.17) is 5.11 Å². The van der Waals surface area contributed by atoms with Crippen molar-refractivity contribution in [1.82, 2.24) is 15.6 Å². The van der Waals surface area contributed by atoms with E-state index in [1.165, 1.54) is 0 Å². The van der Waals surface area contributed by atoms with Gasteiger partial charge in [0.15, 0.2) is 0 Å². The van der Waals surface area contributed by atoms with Gasteiger partial charge in [-0.05, 0) is 30.9 Å². The maximum absolute atomic E-state index is 11.7. The molecule has 2 heterocycles. The highest BCUT2D eigenvalue weighted by Gasteiger charge is 2.14. The highest BCUT2D eigenvalue weighted by Crippen LogP contribution is 2.18. The van der Waals surface area contributed by atoms with Gasteiger partial charge in [-0.1, -0.05) is 0 Å². The van der Waals surface area contributed by atoms with E-state index in [9.17, 15) is 9.59 Å². The molecule has 112 valence electrons. The lowest BCUT2D eigenvalue weighted by atomic mass is 10.3. The van der Waals surface area contributed by atoms with Crippen molar-refractivity contribution >= 4 is 34.7 Å². The van der Waals surface area contributed by atoms with Gasteiger partial charge in [0.1, 0.15) is 9.88 Å². The molecule has 2 aromatic heterocycles. The summed E-state index contributed by atoms with van der Waals surface area (Å²) >= 11 is 2.67. The quantitative estimate of drug-likeness (QED) is 0.788. The Bertz CT molecular complexity index is 663. The highest BCUT2D eigenvalue weighted by molar-refractivity contribution is 7.13. The second-order valence-corrected chi connectivity index (χ2v) is 6.47. The van der Waals surface area contributed by atoms with Crippen LogP contribution < -0.4 is 10.6 Å². The maximum atomic E-state index is 11.7. The zero-order valence-electron chi connectivity index (χ0n) is 11.6. The summed E-state index contributed by atoms with van der Waals surface area (Å²) in [7, 11) is 0. The van der Waals surface area contributed by atoms with E-state index in [0.717, 1.165) is 21.8 Å². The van der Waals surface area contributed by atoms with Gasteiger partial charge in [-0.3, -0.25) is 0 Å². The molecule has 21 heavy (non-hydrogen) atoms. The summed E-state index contributed by atoms with van der Waals surface area (Å²) in [5, 5.41) is 16.9. The normalized spacial score (nSPS) is 10.4. The van der Waals surface area contributed by atoms with Crippen LogP contribution >= 0.6 is 22.7 Å². The molecule has 0 aliphatic carbocycles. The molecular weight excluding hydrogens is 310 g/mol. The van der Waals surface area contributed by atoms with Gasteiger partial charge in [-0.2, -0.15) is 0 Å². The number of carboxylic acid groups (broad SMARTS) is 1. The van der Waals surface area contributed by atoms with Gasteiger partial charge in [-0.15, -0.1) is 22.7 Å². The van der Waals surface area contributed by atoms with Crippen LogP contribution in [0.3, 0.4) is 0 Å². The third-order valence-electron chi connectivity index (χ3n) is 2.81. The van der Waals surface area contributed by atoms with Gasteiger partial charge in [0, 0.05) is 4.88 Å². The summed E-state index contributed by atoms with van der Waals surface area (Å²) in [6.07, 6.45) is 0. The van der Waals surface area contributed by atoms with E-state index in [1.807, 2.05) is 18.4 Å². The van der Waals surface area contributed by atoms with E-state index < -0.39 is 5.97 Å². The van der Waals surface area contributed by atoms with Gasteiger partial charge in [0.25, 0.3) is 0 Å². The number of rotatable bonds is 5. The van der Waals surface area contributed by atoms with Crippen molar-refractivity contribution in [1.29, 1.82) is 0 Å². The Hall–Kier alpha value is -1.93. The summed E-state index contributed by atoms with van der Waals surface area (Å²) in [4.78, 5) is 28.1. The molecule has 0 aromatic carbocycles. The summed E-state index contributed by atoms with van der Waals surface area (Å²) in [6.45, 7) is 4.33. The fraction of sp³-hybridized carbons (Fsp3) is 0.308. The molecule has 0 radical (unpaired) electrons. The van der Waals surface area contributed by atoms with E-state index >= 15 is 0 Å². The van der Waals surface area contributed by atoms with Gasteiger partial charge in [0.05, 0.1) is 18.8 Å². The van der Waals surface area contributed by atoms with Crippen LogP contribution in [0.25, 0.3) is 0 Å². The molecule has 0 saturated heterocycles. The number of hydrogen-bond acceptors (Lipinski definition) is 5. The fourth-order valence-corrected chi connectivity index (χ4v) is 3.38. The van der Waals surface area contributed by atoms with E-state index in [-0.39, 0.29) is 17.5 Å². The fourth-order valence-electron chi connectivity index (χ4n) is 1.69. The molecule has 0 saturated carbocycles. The molecule has 2 amide bonds. The predicted molar refractivity (Wildman–Crippen MR) is 81.9 cm³/mol. The highest BCUT2D eigenvalue weighted by atomic mass is 32.1. The summed E-state index contributed by atoms with van der Waals surface area (Å²) < 4.78 is 0. The van der Waals surface area contributed by atoms with Crippen molar-refractivity contribution in [2.24, 2.45) is 0 Å². The Kier molecular flexibility index (Phi) is 4.92. The lowest BCUT2D eigenvalue weighted by Gasteiger charge is -2.05. The molecule has 0 bridgehead atoms. The maximum Gasteiger partial charge on any atom is 0.347 e. The Balaban J connectivity index is 1.82. The summed E-state index contributed by atoms with van der Waals surface area (Å²) in [5.74, 6) is -0.992. The van der Waals surface area contributed by atoms with Crippen LogP contribution in [0, 0.1) is 13.8 Å². The molecule has 3 N–H and O–H groups in total.